The van der Waals surface area contributed by atoms with Gasteiger partial charge < -0.3 is 15.2 Å². The number of methoxy groups -OCH3 is 1. The number of hydrogen-bond acceptors (Lipinski definition) is 5. The highest BCUT2D eigenvalue weighted by Crippen LogP contribution is 2.26. The van der Waals surface area contributed by atoms with Crippen molar-refractivity contribution in [3.8, 4) is 16.3 Å². The van der Waals surface area contributed by atoms with Gasteiger partial charge >= 0.3 is 0 Å². The van der Waals surface area contributed by atoms with E-state index in [9.17, 15) is 9.90 Å². The second kappa shape index (κ2) is 7.91. The quantitative estimate of drug-likeness (QED) is 0.823. The largest absolute Gasteiger partial charge is 0.497 e. The van der Waals surface area contributed by atoms with Crippen LogP contribution in [-0.4, -0.2) is 35.8 Å². The topological polar surface area (TPSA) is 71.5 Å². The molecule has 1 aromatic heterocycles. The molecule has 0 saturated carbocycles. The zero-order valence-corrected chi connectivity index (χ0v) is 13.5. The molecule has 5 nitrogen and oxygen atoms in total. The van der Waals surface area contributed by atoms with Crippen LogP contribution >= 0.6 is 11.3 Å². The van der Waals surface area contributed by atoms with Crippen LogP contribution in [0.1, 0.15) is 29.4 Å². The predicted molar refractivity (Wildman–Crippen MR) is 87.4 cm³/mol. The van der Waals surface area contributed by atoms with Crippen molar-refractivity contribution in [2.75, 3.05) is 13.7 Å². The molecule has 2 N–H and O–H groups in total. The van der Waals surface area contributed by atoms with Gasteiger partial charge in [-0.05, 0) is 37.1 Å². The van der Waals surface area contributed by atoms with Gasteiger partial charge in [0.1, 0.15) is 15.6 Å². The number of carbonyl (C=O) groups excluding carboxylic acids is 1. The summed E-state index contributed by atoms with van der Waals surface area (Å²) >= 11 is 1.35. The van der Waals surface area contributed by atoms with Crippen molar-refractivity contribution in [1.82, 2.24) is 10.3 Å². The third-order valence-corrected chi connectivity index (χ3v) is 4.35. The van der Waals surface area contributed by atoms with E-state index in [0.717, 1.165) is 16.3 Å². The van der Waals surface area contributed by atoms with Gasteiger partial charge in [-0.1, -0.05) is 6.92 Å². The van der Waals surface area contributed by atoms with Gasteiger partial charge in [-0.3, -0.25) is 4.79 Å². The number of aliphatic hydroxyl groups is 1. The standard InChI is InChI=1S/C16H20N2O3S/c1-3-12(19)8-9-17-15(20)14-10-18-16(22-14)11-4-6-13(21-2)7-5-11/h4-7,10,12,19H,3,8-9H2,1-2H3,(H,17,20). The van der Waals surface area contributed by atoms with Crippen LogP contribution in [0.15, 0.2) is 30.5 Å². The van der Waals surface area contributed by atoms with E-state index in [1.165, 1.54) is 11.3 Å². The Kier molecular flexibility index (Phi) is 5.91. The molecule has 0 aliphatic carbocycles. The third-order valence-electron chi connectivity index (χ3n) is 3.30. The molecule has 1 heterocycles. The number of aliphatic hydroxyl groups excluding tert-OH is 1. The maximum absolute atomic E-state index is 12.0. The molecule has 0 saturated heterocycles. The van der Waals surface area contributed by atoms with Crippen molar-refractivity contribution in [2.24, 2.45) is 0 Å². The molecule has 0 bridgehead atoms. The molecule has 0 spiro atoms. The summed E-state index contributed by atoms with van der Waals surface area (Å²) in [7, 11) is 1.62. The van der Waals surface area contributed by atoms with Crippen molar-refractivity contribution in [2.45, 2.75) is 25.9 Å². The molecule has 1 atom stereocenters. The number of nitrogens with zero attached hydrogens (tertiary/aromatic N) is 1. The number of thiazole rings is 1. The van der Waals surface area contributed by atoms with E-state index in [1.54, 1.807) is 13.3 Å². The summed E-state index contributed by atoms with van der Waals surface area (Å²) in [6, 6.07) is 7.55. The maximum Gasteiger partial charge on any atom is 0.263 e. The van der Waals surface area contributed by atoms with Crippen molar-refractivity contribution < 1.29 is 14.6 Å². The van der Waals surface area contributed by atoms with Gasteiger partial charge in [0, 0.05) is 12.1 Å². The zero-order chi connectivity index (χ0) is 15.9. The summed E-state index contributed by atoms with van der Waals surface area (Å²) in [5.41, 5.74) is 0.950. The number of carbonyl (C=O) groups is 1. The van der Waals surface area contributed by atoms with Crippen LogP contribution in [-0.2, 0) is 0 Å². The predicted octanol–water partition coefficient (Wildman–Crippen LogP) is 2.71. The van der Waals surface area contributed by atoms with Crippen LogP contribution in [0.2, 0.25) is 0 Å². The van der Waals surface area contributed by atoms with Gasteiger partial charge in [0.05, 0.1) is 19.4 Å². The minimum absolute atomic E-state index is 0.152. The minimum Gasteiger partial charge on any atom is -0.497 e. The molecule has 2 rings (SSSR count). The number of aromatic nitrogens is 1. The highest BCUT2D eigenvalue weighted by Gasteiger charge is 2.12. The van der Waals surface area contributed by atoms with Crippen LogP contribution in [0.5, 0.6) is 5.75 Å². The Morgan fingerprint density at radius 2 is 2.14 bits per heavy atom. The van der Waals surface area contributed by atoms with E-state index in [-0.39, 0.29) is 12.0 Å². The van der Waals surface area contributed by atoms with E-state index in [1.807, 2.05) is 31.2 Å². The maximum atomic E-state index is 12.0. The molecule has 0 radical (unpaired) electrons. The first-order valence-electron chi connectivity index (χ1n) is 7.20. The van der Waals surface area contributed by atoms with E-state index >= 15 is 0 Å². The van der Waals surface area contributed by atoms with Crippen molar-refractivity contribution >= 4 is 17.2 Å². The lowest BCUT2D eigenvalue weighted by molar-refractivity contribution is 0.0946. The number of nitrogens with one attached hydrogen (secondary N) is 1. The Morgan fingerprint density at radius 1 is 1.41 bits per heavy atom. The molecule has 1 aromatic carbocycles. The van der Waals surface area contributed by atoms with E-state index in [4.69, 9.17) is 4.74 Å². The van der Waals surface area contributed by atoms with E-state index < -0.39 is 0 Å². The number of hydrogen-bond donors (Lipinski definition) is 2. The summed E-state index contributed by atoms with van der Waals surface area (Å²) in [6.07, 6.45) is 2.47. The lowest BCUT2D eigenvalue weighted by atomic mass is 10.2. The smallest absolute Gasteiger partial charge is 0.263 e. The fraction of sp³-hybridized carbons (Fsp3) is 0.375. The Hall–Kier alpha value is -1.92. The summed E-state index contributed by atoms with van der Waals surface area (Å²) < 4.78 is 5.12. The molecule has 0 fully saturated rings. The van der Waals surface area contributed by atoms with Crippen LogP contribution in [0, 0.1) is 0 Å². The molecule has 1 unspecified atom stereocenters. The first-order valence-corrected chi connectivity index (χ1v) is 8.02. The van der Waals surface area contributed by atoms with Gasteiger partial charge in [0.15, 0.2) is 0 Å². The molecule has 1 amide bonds. The fourth-order valence-corrected chi connectivity index (χ4v) is 2.73. The van der Waals surface area contributed by atoms with Crippen molar-refractivity contribution in [3.63, 3.8) is 0 Å². The molecular formula is C16H20N2O3S. The second-order valence-corrected chi connectivity index (χ2v) is 5.90. The van der Waals surface area contributed by atoms with Gasteiger partial charge in [0.2, 0.25) is 0 Å². The second-order valence-electron chi connectivity index (χ2n) is 4.86. The summed E-state index contributed by atoms with van der Waals surface area (Å²) in [5.74, 6) is 0.633. The molecule has 0 aliphatic heterocycles. The highest BCUT2D eigenvalue weighted by molar-refractivity contribution is 7.16. The number of benzene rings is 1. The van der Waals surface area contributed by atoms with Crippen LogP contribution in [0.25, 0.3) is 10.6 Å². The Labute approximate surface area is 134 Å². The normalized spacial score (nSPS) is 12.0. The first-order chi connectivity index (χ1) is 10.6. The lowest BCUT2D eigenvalue weighted by Gasteiger charge is -2.07. The van der Waals surface area contributed by atoms with Crippen LogP contribution in [0.4, 0.5) is 0 Å². The Bertz CT molecular complexity index is 610. The lowest BCUT2D eigenvalue weighted by Crippen LogP contribution is -2.26. The molecule has 118 valence electrons. The van der Waals surface area contributed by atoms with E-state index in [2.05, 4.69) is 10.3 Å². The van der Waals surface area contributed by atoms with Crippen LogP contribution in [0.3, 0.4) is 0 Å². The summed E-state index contributed by atoms with van der Waals surface area (Å²) in [6.45, 7) is 2.38. The minimum atomic E-state index is -0.364. The Balaban J connectivity index is 1.96. The van der Waals surface area contributed by atoms with Crippen molar-refractivity contribution in [3.05, 3.63) is 35.3 Å². The molecular weight excluding hydrogens is 300 g/mol. The summed E-state index contributed by atoms with van der Waals surface area (Å²) in [4.78, 5) is 16.9. The number of amides is 1. The molecule has 6 heteroatoms. The van der Waals surface area contributed by atoms with Gasteiger partial charge in [-0.15, -0.1) is 11.3 Å². The van der Waals surface area contributed by atoms with Crippen molar-refractivity contribution in [1.29, 1.82) is 0 Å². The van der Waals surface area contributed by atoms with E-state index in [0.29, 0.717) is 24.3 Å². The Morgan fingerprint density at radius 3 is 2.77 bits per heavy atom. The average molecular weight is 320 g/mol. The third kappa shape index (κ3) is 4.29. The molecule has 0 aliphatic rings. The SMILES string of the molecule is CCC(O)CCNC(=O)c1cnc(-c2ccc(OC)cc2)s1. The molecule has 2 aromatic rings. The van der Waals surface area contributed by atoms with Gasteiger partial charge in [0.25, 0.3) is 5.91 Å². The first kappa shape index (κ1) is 16.5. The monoisotopic (exact) mass is 320 g/mol. The number of ether oxygens (including phenoxy) is 1. The average Bonchev–Trinajstić information content (AvgIpc) is 3.04. The fourth-order valence-electron chi connectivity index (χ4n) is 1.89. The zero-order valence-electron chi connectivity index (χ0n) is 12.7. The number of rotatable bonds is 7. The van der Waals surface area contributed by atoms with Gasteiger partial charge in [-0.2, -0.15) is 0 Å². The van der Waals surface area contributed by atoms with Crippen LogP contribution < -0.4 is 10.1 Å². The summed E-state index contributed by atoms with van der Waals surface area (Å²) in [5, 5.41) is 13.1. The molecule has 22 heavy (non-hydrogen) atoms. The van der Waals surface area contributed by atoms with Gasteiger partial charge in [-0.25, -0.2) is 4.98 Å². The highest BCUT2D eigenvalue weighted by atomic mass is 32.1.